The van der Waals surface area contributed by atoms with Crippen molar-refractivity contribution in [1.29, 1.82) is 0 Å². The maximum Gasteiger partial charge on any atom is 0.209 e. The average molecular weight is 313 g/mol. The number of carbonyl (C=O) groups is 1. The maximum absolute atomic E-state index is 13.0. The molecule has 2 aromatic carbocycles. The topological polar surface area (TPSA) is 67.0 Å². The molecule has 1 aromatic heterocycles. The van der Waals surface area contributed by atoms with Crippen LogP contribution in [0.15, 0.2) is 52.3 Å². The molecule has 1 N–H and O–H groups in total. The molecule has 0 amide bonds. The largest absolute Gasteiger partial charge is 0.351 e. The number of hydrogen-bond donors (Lipinski definition) is 1. The van der Waals surface area contributed by atoms with Crippen LogP contribution < -0.4 is 0 Å². The third-order valence-electron chi connectivity index (χ3n) is 3.58. The van der Waals surface area contributed by atoms with Crippen molar-refractivity contribution in [3.8, 4) is 0 Å². The van der Waals surface area contributed by atoms with Gasteiger partial charge >= 0.3 is 0 Å². The van der Waals surface area contributed by atoms with Crippen LogP contribution in [0.25, 0.3) is 10.9 Å². The van der Waals surface area contributed by atoms with Gasteiger partial charge in [-0.3, -0.25) is 4.79 Å². The Hall–Kier alpha value is -2.40. The molecule has 3 aromatic rings. The molecule has 0 saturated heterocycles. The molecule has 0 spiro atoms. The third-order valence-corrected chi connectivity index (χ3v) is 5.41. The molecular formula is C17H15NO3S. The Kier molecular flexibility index (Phi) is 3.37. The van der Waals surface area contributed by atoms with Crippen molar-refractivity contribution in [1.82, 2.24) is 4.98 Å². The van der Waals surface area contributed by atoms with Crippen LogP contribution in [0.5, 0.6) is 0 Å². The van der Waals surface area contributed by atoms with E-state index in [1.165, 1.54) is 0 Å². The predicted octanol–water partition coefficient (Wildman–Crippen LogP) is 3.43. The predicted molar refractivity (Wildman–Crippen MR) is 85.1 cm³/mol. The number of aromatic nitrogens is 1. The third kappa shape index (κ3) is 2.23. The van der Waals surface area contributed by atoms with E-state index >= 15 is 0 Å². The number of aryl methyl sites for hydroxylation is 2. The van der Waals surface area contributed by atoms with Gasteiger partial charge in [0.1, 0.15) is 4.90 Å². The molecule has 0 unspecified atom stereocenters. The number of hydrogen-bond acceptors (Lipinski definition) is 3. The summed E-state index contributed by atoms with van der Waals surface area (Å²) in [7, 11) is -3.77. The zero-order valence-electron chi connectivity index (χ0n) is 12.3. The second-order valence-electron chi connectivity index (χ2n) is 5.36. The van der Waals surface area contributed by atoms with E-state index in [2.05, 4.69) is 4.98 Å². The minimum absolute atomic E-state index is 0.0445. The molecule has 5 heteroatoms. The molecular weight excluding hydrogens is 298 g/mol. The van der Waals surface area contributed by atoms with Gasteiger partial charge in [0.05, 0.1) is 10.6 Å². The Morgan fingerprint density at radius 3 is 2.27 bits per heavy atom. The fraction of sp³-hybridized carbons (Fsp3) is 0.118. The number of rotatable bonds is 3. The summed E-state index contributed by atoms with van der Waals surface area (Å²) in [5.74, 6) is 0. The maximum atomic E-state index is 13.0. The minimum Gasteiger partial charge on any atom is -0.351 e. The molecule has 0 aliphatic heterocycles. The first-order valence-electron chi connectivity index (χ1n) is 6.83. The van der Waals surface area contributed by atoms with Gasteiger partial charge in [-0.15, -0.1) is 0 Å². The number of carbonyl (C=O) groups excluding carboxylic acids is 1. The zero-order chi connectivity index (χ0) is 15.9. The van der Waals surface area contributed by atoms with Crippen molar-refractivity contribution in [3.05, 3.63) is 59.3 Å². The standard InChI is InChI=1S/C17H15NO3S/c1-11-7-12(2)9-13(8-11)22(20,21)17-14-5-3-4-6-15(14)18-16(17)10-19/h3-10,18H,1-2H3. The molecule has 1 heterocycles. The van der Waals surface area contributed by atoms with E-state index in [-0.39, 0.29) is 15.5 Å². The van der Waals surface area contributed by atoms with Crippen LogP contribution in [-0.2, 0) is 9.84 Å². The number of para-hydroxylation sites is 1. The minimum atomic E-state index is -3.77. The fourth-order valence-corrected chi connectivity index (χ4v) is 4.49. The number of H-pyrrole nitrogens is 1. The molecule has 4 nitrogen and oxygen atoms in total. The highest BCUT2D eigenvalue weighted by Crippen LogP contribution is 2.31. The van der Waals surface area contributed by atoms with Crippen LogP contribution in [0.1, 0.15) is 21.6 Å². The summed E-state index contributed by atoms with van der Waals surface area (Å²) in [5, 5.41) is 0.531. The lowest BCUT2D eigenvalue weighted by atomic mass is 10.2. The quantitative estimate of drug-likeness (QED) is 0.753. The lowest BCUT2D eigenvalue weighted by Crippen LogP contribution is -2.05. The molecule has 3 rings (SSSR count). The van der Waals surface area contributed by atoms with E-state index in [0.717, 1.165) is 11.1 Å². The van der Waals surface area contributed by atoms with Gasteiger partial charge in [0, 0.05) is 10.9 Å². The van der Waals surface area contributed by atoms with Gasteiger partial charge in [0.2, 0.25) is 9.84 Å². The van der Waals surface area contributed by atoms with E-state index in [1.807, 2.05) is 19.9 Å². The van der Waals surface area contributed by atoms with Gasteiger partial charge in [-0.05, 0) is 43.2 Å². The number of aromatic amines is 1. The summed E-state index contributed by atoms with van der Waals surface area (Å²) in [4.78, 5) is 14.4. The van der Waals surface area contributed by atoms with Crippen molar-refractivity contribution in [2.24, 2.45) is 0 Å². The Morgan fingerprint density at radius 2 is 1.64 bits per heavy atom. The normalized spacial score (nSPS) is 11.7. The highest BCUT2D eigenvalue weighted by atomic mass is 32.2. The SMILES string of the molecule is Cc1cc(C)cc(S(=O)(=O)c2c(C=O)[nH]c3ccccc23)c1. The molecule has 0 saturated carbocycles. The second-order valence-corrected chi connectivity index (χ2v) is 7.24. The lowest BCUT2D eigenvalue weighted by Gasteiger charge is -2.07. The fourth-order valence-electron chi connectivity index (χ4n) is 2.72. The van der Waals surface area contributed by atoms with Crippen LogP contribution in [-0.4, -0.2) is 19.7 Å². The van der Waals surface area contributed by atoms with Crippen LogP contribution in [0.2, 0.25) is 0 Å². The van der Waals surface area contributed by atoms with Crippen molar-refractivity contribution >= 4 is 27.0 Å². The summed E-state index contributed by atoms with van der Waals surface area (Å²) in [6.07, 6.45) is 0.551. The molecule has 0 aliphatic rings. The van der Waals surface area contributed by atoms with Gasteiger partial charge in [-0.1, -0.05) is 24.3 Å². The first kappa shape index (κ1) is 14.5. The number of sulfone groups is 1. The smallest absolute Gasteiger partial charge is 0.209 e. The Balaban J connectivity index is 2.36. The van der Waals surface area contributed by atoms with Crippen LogP contribution in [0.4, 0.5) is 0 Å². The van der Waals surface area contributed by atoms with E-state index in [0.29, 0.717) is 17.2 Å². The van der Waals surface area contributed by atoms with Crippen molar-refractivity contribution < 1.29 is 13.2 Å². The Labute approximate surface area is 128 Å². The second kappa shape index (κ2) is 5.10. The molecule has 22 heavy (non-hydrogen) atoms. The Morgan fingerprint density at radius 1 is 1.00 bits per heavy atom. The summed E-state index contributed by atoms with van der Waals surface area (Å²) < 4.78 is 26.0. The molecule has 112 valence electrons. The van der Waals surface area contributed by atoms with Crippen LogP contribution in [0, 0.1) is 13.8 Å². The molecule has 0 bridgehead atoms. The first-order chi connectivity index (χ1) is 10.4. The highest BCUT2D eigenvalue weighted by Gasteiger charge is 2.26. The van der Waals surface area contributed by atoms with E-state index in [1.54, 1.807) is 36.4 Å². The summed E-state index contributed by atoms with van der Waals surface area (Å²) in [6, 6.07) is 12.2. The van der Waals surface area contributed by atoms with Gasteiger partial charge in [-0.25, -0.2) is 8.42 Å². The van der Waals surface area contributed by atoms with Gasteiger partial charge < -0.3 is 4.98 Å². The average Bonchev–Trinajstić information content (AvgIpc) is 2.85. The summed E-state index contributed by atoms with van der Waals surface area (Å²) in [6.45, 7) is 3.70. The number of aldehydes is 1. The van der Waals surface area contributed by atoms with Gasteiger partial charge in [0.25, 0.3) is 0 Å². The molecule has 0 aliphatic carbocycles. The molecule has 0 atom stereocenters. The van der Waals surface area contributed by atoms with Crippen molar-refractivity contribution in [2.45, 2.75) is 23.6 Å². The first-order valence-corrected chi connectivity index (χ1v) is 8.31. The van der Waals surface area contributed by atoms with Crippen LogP contribution >= 0.6 is 0 Å². The monoisotopic (exact) mass is 313 g/mol. The zero-order valence-corrected chi connectivity index (χ0v) is 13.1. The van der Waals surface area contributed by atoms with Crippen LogP contribution in [0.3, 0.4) is 0 Å². The number of nitrogens with one attached hydrogen (secondary N) is 1. The summed E-state index contributed by atoms with van der Waals surface area (Å²) in [5.41, 5.74) is 2.45. The lowest BCUT2D eigenvalue weighted by molar-refractivity contribution is 0.111. The number of fused-ring (bicyclic) bond motifs is 1. The summed E-state index contributed by atoms with van der Waals surface area (Å²) >= 11 is 0. The van der Waals surface area contributed by atoms with Gasteiger partial charge in [0.15, 0.2) is 6.29 Å². The van der Waals surface area contributed by atoms with E-state index < -0.39 is 9.84 Å². The van der Waals surface area contributed by atoms with Gasteiger partial charge in [-0.2, -0.15) is 0 Å². The van der Waals surface area contributed by atoms with Crippen molar-refractivity contribution in [3.63, 3.8) is 0 Å². The molecule has 0 radical (unpaired) electrons. The van der Waals surface area contributed by atoms with E-state index in [4.69, 9.17) is 0 Å². The number of benzene rings is 2. The van der Waals surface area contributed by atoms with Crippen molar-refractivity contribution in [2.75, 3.05) is 0 Å². The highest BCUT2D eigenvalue weighted by molar-refractivity contribution is 7.91. The van der Waals surface area contributed by atoms with E-state index in [9.17, 15) is 13.2 Å². The molecule has 0 fully saturated rings. The Bertz CT molecular complexity index is 964.